The van der Waals surface area contributed by atoms with Crippen LogP contribution in [-0.4, -0.2) is 35.9 Å². The summed E-state index contributed by atoms with van der Waals surface area (Å²) >= 11 is 0. The molecule has 0 aromatic carbocycles. The fourth-order valence-electron chi connectivity index (χ4n) is 2.46. The lowest BCUT2D eigenvalue weighted by Gasteiger charge is -2.32. The minimum absolute atomic E-state index is 0.0752. The van der Waals surface area contributed by atoms with Gasteiger partial charge in [-0.1, -0.05) is 0 Å². The first kappa shape index (κ1) is 13.3. The van der Waals surface area contributed by atoms with Crippen LogP contribution in [-0.2, 0) is 11.3 Å². The van der Waals surface area contributed by atoms with E-state index >= 15 is 0 Å². The van der Waals surface area contributed by atoms with Gasteiger partial charge in [-0.05, 0) is 44.4 Å². The van der Waals surface area contributed by atoms with E-state index in [0.717, 1.165) is 49.6 Å². The lowest BCUT2D eigenvalue weighted by molar-refractivity contribution is 0.0458. The van der Waals surface area contributed by atoms with Crippen molar-refractivity contribution in [2.24, 2.45) is 0 Å². The Balaban J connectivity index is 2.02. The van der Waals surface area contributed by atoms with Crippen LogP contribution in [0, 0.1) is 6.92 Å². The largest absolute Gasteiger partial charge is 0.392 e. The van der Waals surface area contributed by atoms with E-state index in [4.69, 9.17) is 4.74 Å². The van der Waals surface area contributed by atoms with Gasteiger partial charge < -0.3 is 14.7 Å². The molecule has 1 aromatic rings. The highest BCUT2D eigenvalue weighted by atomic mass is 16.5. The number of hydrogen-bond acceptors (Lipinski definition) is 4. The number of aliphatic hydroxyl groups is 1. The Bertz CT molecular complexity index is 387. The van der Waals surface area contributed by atoms with E-state index in [2.05, 4.69) is 9.88 Å². The Morgan fingerprint density at radius 2 is 2.11 bits per heavy atom. The standard InChI is InChI=1S/C14H22N2O2/c1-3-18-13-4-6-16(7-5-13)14-9-12(10-17)8-11(2)15-14/h8-9,13,17H,3-7,10H2,1-2H3. The first-order valence-electron chi connectivity index (χ1n) is 6.68. The molecule has 1 saturated heterocycles. The molecule has 4 nitrogen and oxygen atoms in total. The van der Waals surface area contributed by atoms with Gasteiger partial charge in [0.1, 0.15) is 5.82 Å². The summed E-state index contributed by atoms with van der Waals surface area (Å²) in [6.45, 7) is 6.84. The van der Waals surface area contributed by atoms with Gasteiger partial charge in [-0.3, -0.25) is 0 Å². The molecule has 0 spiro atoms. The number of aromatic nitrogens is 1. The van der Waals surface area contributed by atoms with Crippen molar-refractivity contribution >= 4 is 5.82 Å². The molecule has 100 valence electrons. The Labute approximate surface area is 109 Å². The van der Waals surface area contributed by atoms with Crippen molar-refractivity contribution < 1.29 is 9.84 Å². The second-order valence-corrected chi connectivity index (χ2v) is 4.77. The third kappa shape index (κ3) is 3.21. The smallest absolute Gasteiger partial charge is 0.129 e. The molecule has 1 fully saturated rings. The van der Waals surface area contributed by atoms with Crippen LogP contribution in [0.15, 0.2) is 12.1 Å². The lowest BCUT2D eigenvalue weighted by atomic mass is 10.1. The lowest BCUT2D eigenvalue weighted by Crippen LogP contribution is -2.37. The van der Waals surface area contributed by atoms with E-state index < -0.39 is 0 Å². The average molecular weight is 250 g/mol. The molecule has 0 radical (unpaired) electrons. The molecule has 4 heteroatoms. The highest BCUT2D eigenvalue weighted by Crippen LogP contribution is 2.21. The summed E-state index contributed by atoms with van der Waals surface area (Å²) in [5.41, 5.74) is 1.90. The second-order valence-electron chi connectivity index (χ2n) is 4.77. The molecule has 0 saturated carbocycles. The number of hydrogen-bond donors (Lipinski definition) is 1. The number of rotatable bonds is 4. The van der Waals surface area contributed by atoms with E-state index in [1.165, 1.54) is 0 Å². The minimum atomic E-state index is 0.0752. The summed E-state index contributed by atoms with van der Waals surface area (Å²) in [5.74, 6) is 0.981. The van der Waals surface area contributed by atoms with Gasteiger partial charge in [0, 0.05) is 25.4 Å². The van der Waals surface area contributed by atoms with Gasteiger partial charge in [0.15, 0.2) is 0 Å². The van der Waals surface area contributed by atoms with Crippen molar-refractivity contribution in [2.45, 2.75) is 39.4 Å². The molecule has 18 heavy (non-hydrogen) atoms. The molecule has 0 atom stereocenters. The van der Waals surface area contributed by atoms with Gasteiger partial charge in [0.2, 0.25) is 0 Å². The molecule has 2 rings (SSSR count). The number of anilines is 1. The zero-order chi connectivity index (χ0) is 13.0. The molecule has 1 aromatic heterocycles. The van der Waals surface area contributed by atoms with Crippen LogP contribution in [0.3, 0.4) is 0 Å². The van der Waals surface area contributed by atoms with Crippen LogP contribution < -0.4 is 4.90 Å². The zero-order valence-corrected chi connectivity index (χ0v) is 11.2. The van der Waals surface area contributed by atoms with Crippen LogP contribution >= 0.6 is 0 Å². The van der Waals surface area contributed by atoms with Gasteiger partial charge in [-0.2, -0.15) is 0 Å². The molecule has 0 bridgehead atoms. The van der Waals surface area contributed by atoms with E-state index in [0.29, 0.717) is 6.10 Å². The fraction of sp³-hybridized carbons (Fsp3) is 0.643. The van der Waals surface area contributed by atoms with Crippen LogP contribution in [0.1, 0.15) is 31.0 Å². The molecule has 2 heterocycles. The van der Waals surface area contributed by atoms with Crippen LogP contribution in [0.4, 0.5) is 5.82 Å². The van der Waals surface area contributed by atoms with Crippen molar-refractivity contribution in [2.75, 3.05) is 24.6 Å². The first-order chi connectivity index (χ1) is 8.72. The number of aryl methyl sites for hydroxylation is 1. The maximum absolute atomic E-state index is 9.23. The summed E-state index contributed by atoms with van der Waals surface area (Å²) in [7, 11) is 0. The summed E-state index contributed by atoms with van der Waals surface area (Å²) in [5, 5.41) is 9.23. The van der Waals surface area contributed by atoms with Gasteiger partial charge in [-0.25, -0.2) is 4.98 Å². The van der Waals surface area contributed by atoms with Crippen molar-refractivity contribution in [3.8, 4) is 0 Å². The van der Waals surface area contributed by atoms with E-state index in [9.17, 15) is 5.11 Å². The molecular formula is C14H22N2O2. The van der Waals surface area contributed by atoms with Crippen molar-refractivity contribution in [3.05, 3.63) is 23.4 Å². The molecule has 1 aliphatic heterocycles. The molecular weight excluding hydrogens is 228 g/mol. The predicted octanol–water partition coefficient (Wildman–Crippen LogP) is 1.89. The Hall–Kier alpha value is -1.13. The van der Waals surface area contributed by atoms with Crippen molar-refractivity contribution in [1.29, 1.82) is 0 Å². The topological polar surface area (TPSA) is 45.6 Å². The summed E-state index contributed by atoms with van der Waals surface area (Å²) in [6.07, 6.45) is 2.50. The number of nitrogens with zero attached hydrogens (tertiary/aromatic N) is 2. The maximum atomic E-state index is 9.23. The van der Waals surface area contributed by atoms with Crippen LogP contribution in [0.25, 0.3) is 0 Å². The molecule has 1 aliphatic rings. The number of pyridine rings is 1. The monoisotopic (exact) mass is 250 g/mol. The Morgan fingerprint density at radius 3 is 2.72 bits per heavy atom. The molecule has 1 N–H and O–H groups in total. The summed E-state index contributed by atoms with van der Waals surface area (Å²) in [6, 6.07) is 3.91. The highest BCUT2D eigenvalue weighted by molar-refractivity contribution is 5.43. The average Bonchev–Trinajstić information content (AvgIpc) is 2.39. The first-order valence-corrected chi connectivity index (χ1v) is 6.68. The molecule has 0 amide bonds. The third-order valence-electron chi connectivity index (χ3n) is 3.35. The van der Waals surface area contributed by atoms with Gasteiger partial charge in [0.25, 0.3) is 0 Å². The highest BCUT2D eigenvalue weighted by Gasteiger charge is 2.20. The van der Waals surface area contributed by atoms with E-state index in [-0.39, 0.29) is 6.61 Å². The maximum Gasteiger partial charge on any atom is 0.129 e. The number of ether oxygens (including phenoxy) is 1. The van der Waals surface area contributed by atoms with Crippen molar-refractivity contribution in [1.82, 2.24) is 4.98 Å². The molecule has 0 aliphatic carbocycles. The zero-order valence-electron chi connectivity index (χ0n) is 11.2. The number of aliphatic hydroxyl groups excluding tert-OH is 1. The van der Waals surface area contributed by atoms with Gasteiger partial charge in [-0.15, -0.1) is 0 Å². The summed E-state index contributed by atoms with van der Waals surface area (Å²) < 4.78 is 5.65. The molecule has 0 unspecified atom stereocenters. The summed E-state index contributed by atoms with van der Waals surface area (Å²) in [4.78, 5) is 6.83. The Kier molecular flexibility index (Phi) is 4.55. The number of piperidine rings is 1. The van der Waals surface area contributed by atoms with Crippen LogP contribution in [0.5, 0.6) is 0 Å². The second kappa shape index (κ2) is 6.16. The van der Waals surface area contributed by atoms with E-state index in [1.54, 1.807) is 0 Å². The Morgan fingerprint density at radius 1 is 1.39 bits per heavy atom. The fourth-order valence-corrected chi connectivity index (χ4v) is 2.46. The quantitative estimate of drug-likeness (QED) is 0.886. The van der Waals surface area contributed by atoms with Crippen molar-refractivity contribution in [3.63, 3.8) is 0 Å². The third-order valence-corrected chi connectivity index (χ3v) is 3.35. The van der Waals surface area contributed by atoms with Gasteiger partial charge >= 0.3 is 0 Å². The SMILES string of the molecule is CCOC1CCN(c2cc(CO)cc(C)n2)CC1. The predicted molar refractivity (Wildman–Crippen MR) is 71.8 cm³/mol. The van der Waals surface area contributed by atoms with E-state index in [1.807, 2.05) is 26.0 Å². The minimum Gasteiger partial charge on any atom is -0.392 e. The van der Waals surface area contributed by atoms with Crippen LogP contribution in [0.2, 0.25) is 0 Å². The normalized spacial score (nSPS) is 17.2. The van der Waals surface area contributed by atoms with Gasteiger partial charge in [0.05, 0.1) is 12.7 Å².